The van der Waals surface area contributed by atoms with Gasteiger partial charge >= 0.3 is 29.5 Å². The van der Waals surface area contributed by atoms with Crippen molar-refractivity contribution in [3.63, 3.8) is 0 Å². The molecule has 5 aromatic heterocycles. The van der Waals surface area contributed by atoms with E-state index in [0.29, 0.717) is 29.1 Å². The maximum absolute atomic E-state index is 7.88. The molecule has 0 amide bonds. The van der Waals surface area contributed by atoms with Crippen molar-refractivity contribution in [2.45, 2.75) is 187 Å². The van der Waals surface area contributed by atoms with Crippen LogP contribution in [0.5, 0.6) is 0 Å². The van der Waals surface area contributed by atoms with E-state index in [9.17, 15) is 0 Å². The summed E-state index contributed by atoms with van der Waals surface area (Å²) in [6, 6.07) is 48.3. The Kier molecular flexibility index (Phi) is 15.5. The second-order valence-electron chi connectivity index (χ2n) is 23.4. The molecule has 2 aliphatic carbocycles. The van der Waals surface area contributed by atoms with Crippen molar-refractivity contribution in [3.8, 4) is 39.8 Å². The summed E-state index contributed by atoms with van der Waals surface area (Å²) < 4.78 is 153. The third-order valence-electron chi connectivity index (χ3n) is 17.4. The zero-order valence-corrected chi connectivity index (χ0v) is 53.7. The SMILES string of the molecule is [2H]C([2H])([2H])c1oc(-c2ccccc2)c(C)[n+]1-c1ccccc1C.[2H]C([2H])([2H])c1oc(C)c(C)[n+]1-c1ccccc1C.[2H]C([2H])([2H])c1oc(C)c(C)[n+]1-c1ccccc1C.[2H]C([2H])([2H])c1oc(C2CCCC2)c(C)[n+]1-c1ccccc1C.[2H]C([2H])([2H])c1oc(C2CCCCC2)c(C)[n+]1-c1ccccc1C. The Balaban J connectivity index is 0.000000151. The average Bonchev–Trinajstić information content (AvgIpc) is 1.63. The first kappa shape index (κ1) is 47.4. The van der Waals surface area contributed by atoms with Gasteiger partial charge in [0.05, 0.1) is 34.3 Å². The largest absolute Gasteiger partial charge is 0.407 e. The van der Waals surface area contributed by atoms with Crippen molar-refractivity contribution in [2.75, 3.05) is 0 Å². The van der Waals surface area contributed by atoms with E-state index in [0.717, 1.165) is 127 Å². The normalized spacial score (nSPS) is 16.4. The molecule has 0 atom stereocenters. The lowest BCUT2D eigenvalue weighted by Gasteiger charge is -2.18. The van der Waals surface area contributed by atoms with Crippen LogP contribution in [-0.4, -0.2) is 0 Å². The first-order chi connectivity index (χ1) is 48.8. The molecule has 5 heterocycles. The van der Waals surface area contributed by atoms with Crippen molar-refractivity contribution in [2.24, 2.45) is 0 Å². The molecule has 2 saturated carbocycles. The molecule has 0 N–H and O–H groups in total. The Bertz CT molecular complexity index is 4660. The summed E-state index contributed by atoms with van der Waals surface area (Å²) >= 11 is 0. The maximum Gasteiger partial charge on any atom is 0.350 e. The van der Waals surface area contributed by atoms with E-state index in [1.54, 1.807) is 36.7 Å². The first-order valence-electron chi connectivity index (χ1n) is 38.4. The number of rotatable bonds is 8. The molecule has 2 aliphatic rings. The average molecular weight is 1210 g/mol. The minimum Gasteiger partial charge on any atom is -0.407 e. The number of aromatic nitrogens is 5. The molecule has 89 heavy (non-hydrogen) atoms. The molecular weight excluding hydrogens is 1100 g/mol. The maximum atomic E-state index is 7.88. The number of nitrogens with zero attached hydrogens (tertiary/aromatic N) is 5. The summed E-state index contributed by atoms with van der Waals surface area (Å²) in [4.78, 5) is 0. The first-order valence-corrected chi connectivity index (χ1v) is 30.9. The second-order valence-corrected chi connectivity index (χ2v) is 23.4. The van der Waals surface area contributed by atoms with E-state index < -0.39 is 34.3 Å². The van der Waals surface area contributed by atoms with E-state index in [4.69, 9.17) is 42.6 Å². The highest BCUT2D eigenvalue weighted by Crippen LogP contribution is 2.37. The fourth-order valence-corrected chi connectivity index (χ4v) is 12.3. The zero-order chi connectivity index (χ0) is 76.1. The number of hydrogen-bond donors (Lipinski definition) is 0. The predicted molar refractivity (Wildman–Crippen MR) is 354 cm³/mol. The van der Waals surface area contributed by atoms with Gasteiger partial charge in [-0.2, -0.15) is 0 Å². The van der Waals surface area contributed by atoms with Crippen LogP contribution >= 0.6 is 0 Å². The molecule has 2 fully saturated rings. The monoisotopic (exact) mass is 1210 g/mol. The molecule has 11 aromatic rings. The summed E-state index contributed by atoms with van der Waals surface area (Å²) in [6.45, 7) is 11.6. The van der Waals surface area contributed by atoms with E-state index in [1.807, 2.05) is 221 Å². The third kappa shape index (κ3) is 14.4. The molecule has 0 bridgehead atoms. The van der Waals surface area contributed by atoms with Gasteiger partial charge in [-0.3, -0.25) is 0 Å². The molecule has 0 unspecified atom stereocenters. The summed E-state index contributed by atoms with van der Waals surface area (Å²) in [5.41, 5.74) is 14.5. The summed E-state index contributed by atoms with van der Waals surface area (Å²) in [5, 5.41) is 0. The number of aryl methyl sites for hydroxylation is 12. The van der Waals surface area contributed by atoms with Crippen molar-refractivity contribution < 1.29 is 65.5 Å². The number of para-hydroxylation sites is 5. The lowest BCUT2D eigenvalue weighted by atomic mass is 9.87. The van der Waals surface area contributed by atoms with Gasteiger partial charge in [-0.1, -0.05) is 153 Å². The molecule has 0 radical (unpaired) electrons. The Morgan fingerprint density at radius 2 is 0.562 bits per heavy atom. The van der Waals surface area contributed by atoms with Gasteiger partial charge in [0.1, 0.15) is 0 Å². The van der Waals surface area contributed by atoms with Crippen LogP contribution in [0, 0.1) is 117 Å². The standard InChI is InChI=1S/C18H24NO.C18H18NO.C17H22NO.2C13H16NO/c2*1-13-9-7-8-12-17(13)19-14(2)18(20-15(19)3)16-10-5-4-6-11-16;1-12-8-4-7-11-16(12)18-13(2)17(19-14(18)3)15-9-5-6-10-15;2*1-9-7-5-6-8-13(9)14-10(2)11(3)15-12(14)4/h7-9,12,16H,4-6,10-11H2,1-3H3;4-12H,1-3H3;4,7-8,11,15H,5-6,9-10H2,1-3H3;2*5-8H,1-4H3/q5*+1/i3*3D3;2*4D3. The molecule has 0 aliphatic heterocycles. The van der Waals surface area contributed by atoms with E-state index in [2.05, 4.69) is 0 Å². The van der Waals surface area contributed by atoms with Gasteiger partial charge in [-0.25, -0.2) is 0 Å². The van der Waals surface area contributed by atoms with E-state index in [1.165, 1.54) is 32.1 Å². The molecular formula is C79H96N5O5+5. The van der Waals surface area contributed by atoms with Gasteiger partial charge in [0.25, 0.3) is 0 Å². The van der Waals surface area contributed by atoms with Gasteiger partial charge < -0.3 is 22.1 Å². The van der Waals surface area contributed by atoms with Crippen LogP contribution in [0.1, 0.15) is 199 Å². The minimum atomic E-state index is -2.33. The highest BCUT2D eigenvalue weighted by molar-refractivity contribution is 5.58. The third-order valence-corrected chi connectivity index (χ3v) is 17.4. The van der Waals surface area contributed by atoms with Gasteiger partial charge in [0.15, 0.2) is 23.0 Å². The highest BCUT2D eigenvalue weighted by Gasteiger charge is 2.34. The fraction of sp³-hybridized carbons (Fsp3) is 0.354. The molecule has 6 aromatic carbocycles. The van der Waals surface area contributed by atoms with E-state index in [-0.39, 0.29) is 29.5 Å². The number of oxazole rings is 5. The summed E-state index contributed by atoms with van der Waals surface area (Å²) in [7, 11) is 0. The Morgan fingerprint density at radius 3 is 0.888 bits per heavy atom. The topological polar surface area (TPSA) is 85.1 Å². The predicted octanol–water partition coefficient (Wildman–Crippen LogP) is 18.4. The van der Waals surface area contributed by atoms with Gasteiger partial charge in [0, 0.05) is 145 Å². The molecule has 13 rings (SSSR count). The minimum absolute atomic E-state index is 0.00630. The molecule has 10 nitrogen and oxygen atoms in total. The quantitative estimate of drug-likeness (QED) is 0.142. The van der Waals surface area contributed by atoms with Crippen LogP contribution in [0.3, 0.4) is 0 Å². The van der Waals surface area contributed by atoms with Crippen LogP contribution in [-0.2, 0) is 0 Å². The van der Waals surface area contributed by atoms with E-state index >= 15 is 0 Å². The summed E-state index contributed by atoms with van der Waals surface area (Å²) in [6.07, 6.45) is 10.4. The lowest BCUT2D eigenvalue weighted by Crippen LogP contribution is -2.35. The Morgan fingerprint density at radius 1 is 0.292 bits per heavy atom. The van der Waals surface area contributed by atoms with Crippen molar-refractivity contribution in [1.82, 2.24) is 0 Å². The molecule has 0 spiro atoms. The van der Waals surface area contributed by atoms with Crippen LogP contribution in [0.15, 0.2) is 174 Å². The van der Waals surface area contributed by atoms with Crippen LogP contribution in [0.4, 0.5) is 0 Å². The van der Waals surface area contributed by atoms with Crippen LogP contribution < -0.4 is 22.8 Å². The smallest absolute Gasteiger partial charge is 0.350 e. The van der Waals surface area contributed by atoms with Crippen LogP contribution in [0.25, 0.3) is 39.8 Å². The zero-order valence-electron chi connectivity index (χ0n) is 68.7. The van der Waals surface area contributed by atoms with Crippen molar-refractivity contribution >= 4 is 0 Å². The van der Waals surface area contributed by atoms with Gasteiger partial charge in [0.2, 0.25) is 62.7 Å². The lowest BCUT2D eigenvalue weighted by molar-refractivity contribution is -0.614. The molecule has 10 heteroatoms. The highest BCUT2D eigenvalue weighted by atomic mass is 16.4. The number of hydrogen-bond acceptors (Lipinski definition) is 5. The summed E-state index contributed by atoms with van der Waals surface area (Å²) in [5.74, 6) is 4.38. The Hall–Kier alpha value is -8.63. The van der Waals surface area contributed by atoms with Gasteiger partial charge in [-0.05, 0) is 60.3 Å². The molecule has 462 valence electrons. The fourth-order valence-electron chi connectivity index (χ4n) is 12.3. The number of benzene rings is 6. The Labute approximate surface area is 550 Å². The van der Waals surface area contributed by atoms with Crippen molar-refractivity contribution in [1.29, 1.82) is 0 Å². The molecule has 0 saturated heterocycles. The second kappa shape index (κ2) is 29.1. The van der Waals surface area contributed by atoms with Crippen LogP contribution in [0.2, 0.25) is 0 Å². The van der Waals surface area contributed by atoms with Gasteiger partial charge in [-0.15, -0.1) is 22.8 Å². The van der Waals surface area contributed by atoms with Crippen molar-refractivity contribution in [3.05, 3.63) is 260 Å².